The number of rotatable bonds is 4. The number of aromatic amines is 1. The van der Waals surface area contributed by atoms with Gasteiger partial charge in [0.15, 0.2) is 5.76 Å². The van der Waals surface area contributed by atoms with Crippen molar-refractivity contribution in [2.45, 2.75) is 0 Å². The molecule has 0 radical (unpaired) electrons. The van der Waals surface area contributed by atoms with Gasteiger partial charge in [-0.05, 0) is 42.5 Å². The van der Waals surface area contributed by atoms with Crippen LogP contribution in [0.5, 0.6) is 0 Å². The number of benzene rings is 1. The van der Waals surface area contributed by atoms with Gasteiger partial charge in [-0.25, -0.2) is 0 Å². The second kappa shape index (κ2) is 6.40. The maximum absolute atomic E-state index is 12.3. The van der Waals surface area contributed by atoms with E-state index in [-0.39, 0.29) is 5.91 Å². The fourth-order valence-electron chi connectivity index (χ4n) is 2.36. The Morgan fingerprint density at radius 2 is 1.88 bits per heavy atom. The summed E-state index contributed by atoms with van der Waals surface area (Å²) in [6, 6.07) is 16.3. The molecule has 2 N–H and O–H groups in total. The van der Waals surface area contributed by atoms with E-state index in [0.29, 0.717) is 28.5 Å². The first-order chi connectivity index (χ1) is 12.3. The number of H-pyrrole nitrogens is 1. The van der Waals surface area contributed by atoms with Gasteiger partial charge in [-0.15, -0.1) is 0 Å². The van der Waals surface area contributed by atoms with Crippen molar-refractivity contribution < 1.29 is 9.32 Å². The molecule has 0 spiro atoms. The molecule has 0 aliphatic rings. The topological polar surface area (TPSA) is 96.7 Å². The van der Waals surface area contributed by atoms with E-state index in [4.69, 9.17) is 4.52 Å². The van der Waals surface area contributed by atoms with Gasteiger partial charge in [0.05, 0.1) is 11.9 Å². The Hall–Kier alpha value is -3.74. The van der Waals surface area contributed by atoms with E-state index in [9.17, 15) is 4.79 Å². The second-order valence-corrected chi connectivity index (χ2v) is 5.29. The highest BCUT2D eigenvalue weighted by atomic mass is 16.5. The average Bonchev–Trinajstić information content (AvgIpc) is 3.35. The number of carbonyl (C=O) groups is 1. The molecular formula is C18H13N5O2. The predicted molar refractivity (Wildman–Crippen MR) is 91.7 cm³/mol. The Morgan fingerprint density at radius 1 is 1.00 bits per heavy atom. The van der Waals surface area contributed by atoms with E-state index in [1.165, 1.54) is 0 Å². The molecule has 0 aliphatic carbocycles. The third-order valence-corrected chi connectivity index (χ3v) is 3.61. The minimum Gasteiger partial charge on any atom is -0.356 e. The fraction of sp³-hybridized carbons (Fsp3) is 0. The maximum atomic E-state index is 12.3. The summed E-state index contributed by atoms with van der Waals surface area (Å²) >= 11 is 0. The molecule has 1 aromatic carbocycles. The van der Waals surface area contributed by atoms with Crippen LogP contribution < -0.4 is 5.32 Å². The van der Waals surface area contributed by atoms with Gasteiger partial charge in [-0.1, -0.05) is 11.2 Å². The van der Waals surface area contributed by atoms with Gasteiger partial charge in [-0.2, -0.15) is 5.10 Å². The number of carbonyl (C=O) groups excluding carboxylic acids is 1. The fourth-order valence-corrected chi connectivity index (χ4v) is 2.36. The Bertz CT molecular complexity index is 976. The number of aromatic nitrogens is 4. The molecule has 0 fully saturated rings. The highest BCUT2D eigenvalue weighted by molar-refractivity contribution is 6.03. The summed E-state index contributed by atoms with van der Waals surface area (Å²) in [5.41, 5.74) is 3.23. The molecule has 7 nitrogen and oxygen atoms in total. The van der Waals surface area contributed by atoms with Crippen molar-refractivity contribution in [3.8, 4) is 22.7 Å². The summed E-state index contributed by atoms with van der Waals surface area (Å²) in [7, 11) is 0. The van der Waals surface area contributed by atoms with Gasteiger partial charge in [-0.3, -0.25) is 14.9 Å². The quantitative estimate of drug-likeness (QED) is 0.597. The largest absolute Gasteiger partial charge is 0.356 e. The molecule has 7 heteroatoms. The minimum atomic E-state index is -0.276. The summed E-state index contributed by atoms with van der Waals surface area (Å²) in [4.78, 5) is 16.6. The van der Waals surface area contributed by atoms with Crippen LogP contribution in [0.15, 0.2) is 71.5 Å². The number of hydrogen-bond donors (Lipinski definition) is 2. The molecule has 0 saturated heterocycles. The monoisotopic (exact) mass is 331 g/mol. The molecule has 1 amide bonds. The normalized spacial score (nSPS) is 10.6. The predicted octanol–water partition coefficient (Wildman–Crippen LogP) is 3.38. The smallest absolute Gasteiger partial charge is 0.273 e. The molecule has 0 aliphatic heterocycles. The first-order valence-electron chi connectivity index (χ1n) is 7.59. The number of amides is 1. The summed E-state index contributed by atoms with van der Waals surface area (Å²) in [6.07, 6.45) is 3.27. The van der Waals surface area contributed by atoms with Crippen LogP contribution in [0.1, 0.15) is 10.5 Å². The lowest BCUT2D eigenvalue weighted by Gasteiger charge is -2.04. The van der Waals surface area contributed by atoms with Crippen LogP contribution in [0.3, 0.4) is 0 Å². The van der Waals surface area contributed by atoms with Crippen molar-refractivity contribution in [1.29, 1.82) is 0 Å². The van der Waals surface area contributed by atoms with E-state index in [2.05, 4.69) is 25.7 Å². The zero-order valence-corrected chi connectivity index (χ0v) is 13.0. The number of nitrogens with zero attached hydrogens (tertiary/aromatic N) is 3. The summed E-state index contributed by atoms with van der Waals surface area (Å²) in [5, 5.41) is 13.4. The van der Waals surface area contributed by atoms with Gasteiger partial charge >= 0.3 is 0 Å². The zero-order chi connectivity index (χ0) is 17.1. The Kier molecular flexibility index (Phi) is 3.80. The van der Waals surface area contributed by atoms with Crippen LogP contribution in [0, 0.1) is 0 Å². The molecule has 0 atom stereocenters. The Morgan fingerprint density at radius 3 is 2.60 bits per heavy atom. The van der Waals surface area contributed by atoms with E-state index < -0.39 is 0 Å². The van der Waals surface area contributed by atoms with Crippen molar-refractivity contribution in [2.24, 2.45) is 0 Å². The van der Waals surface area contributed by atoms with Crippen molar-refractivity contribution in [3.63, 3.8) is 0 Å². The number of nitrogens with one attached hydrogen (secondary N) is 2. The van der Waals surface area contributed by atoms with Crippen LogP contribution in [0.2, 0.25) is 0 Å². The van der Waals surface area contributed by atoms with Crippen LogP contribution in [-0.4, -0.2) is 26.2 Å². The van der Waals surface area contributed by atoms with Crippen molar-refractivity contribution in [2.75, 3.05) is 5.32 Å². The summed E-state index contributed by atoms with van der Waals surface area (Å²) in [6.45, 7) is 0. The van der Waals surface area contributed by atoms with E-state index in [0.717, 1.165) is 5.56 Å². The van der Waals surface area contributed by atoms with E-state index in [1.807, 2.05) is 30.3 Å². The van der Waals surface area contributed by atoms with Gasteiger partial charge < -0.3 is 9.84 Å². The second-order valence-electron chi connectivity index (χ2n) is 5.29. The lowest BCUT2D eigenvalue weighted by molar-refractivity contribution is 0.102. The van der Waals surface area contributed by atoms with Crippen molar-refractivity contribution in [1.82, 2.24) is 20.3 Å². The lowest BCUT2D eigenvalue weighted by atomic mass is 10.1. The standard InChI is InChI=1S/C18H13N5O2/c24-18(16-11-15(22-23-16)14-3-1-2-9-19-14)21-13-6-4-12(5-7-13)17-8-10-20-25-17/h1-11H,(H,21,24)(H,22,23). The average molecular weight is 331 g/mol. The number of anilines is 1. The van der Waals surface area contributed by atoms with Gasteiger partial charge in [0, 0.05) is 23.5 Å². The Labute approximate surface area is 142 Å². The Balaban J connectivity index is 1.48. The van der Waals surface area contributed by atoms with Crippen LogP contribution in [0.25, 0.3) is 22.7 Å². The third kappa shape index (κ3) is 3.16. The minimum absolute atomic E-state index is 0.276. The molecule has 4 aromatic rings. The van der Waals surface area contributed by atoms with E-state index in [1.54, 1.807) is 36.7 Å². The molecule has 0 unspecified atom stereocenters. The van der Waals surface area contributed by atoms with Crippen LogP contribution in [0.4, 0.5) is 5.69 Å². The highest BCUT2D eigenvalue weighted by Gasteiger charge is 2.12. The van der Waals surface area contributed by atoms with Crippen molar-refractivity contribution in [3.05, 3.63) is 72.7 Å². The van der Waals surface area contributed by atoms with Crippen LogP contribution >= 0.6 is 0 Å². The first-order valence-corrected chi connectivity index (χ1v) is 7.59. The van der Waals surface area contributed by atoms with Gasteiger partial charge in [0.1, 0.15) is 11.4 Å². The molecule has 0 saturated carbocycles. The maximum Gasteiger partial charge on any atom is 0.273 e. The molecule has 3 heterocycles. The summed E-state index contributed by atoms with van der Waals surface area (Å²) in [5.74, 6) is 0.397. The highest BCUT2D eigenvalue weighted by Crippen LogP contribution is 2.21. The number of pyridine rings is 1. The van der Waals surface area contributed by atoms with Gasteiger partial charge in [0.25, 0.3) is 5.91 Å². The van der Waals surface area contributed by atoms with Crippen LogP contribution in [-0.2, 0) is 0 Å². The molecule has 25 heavy (non-hydrogen) atoms. The molecule has 0 bridgehead atoms. The third-order valence-electron chi connectivity index (χ3n) is 3.61. The zero-order valence-electron chi connectivity index (χ0n) is 13.0. The van der Waals surface area contributed by atoms with Crippen molar-refractivity contribution >= 4 is 11.6 Å². The summed E-state index contributed by atoms with van der Waals surface area (Å²) < 4.78 is 5.10. The SMILES string of the molecule is O=C(Nc1ccc(-c2ccno2)cc1)c1cc(-c2ccccn2)n[nH]1. The lowest BCUT2D eigenvalue weighted by Crippen LogP contribution is -2.12. The molecule has 4 rings (SSSR count). The molecular weight excluding hydrogens is 318 g/mol. The van der Waals surface area contributed by atoms with E-state index >= 15 is 0 Å². The molecule has 3 aromatic heterocycles. The first kappa shape index (κ1) is 14.8. The number of hydrogen-bond acceptors (Lipinski definition) is 5. The molecule has 122 valence electrons. The van der Waals surface area contributed by atoms with Gasteiger partial charge in [0.2, 0.25) is 0 Å².